The number of carbonyl (C=O) groups excluding carboxylic acids is 1. The number of hydrogen-bond donors (Lipinski definition) is 2. The van der Waals surface area contributed by atoms with Crippen LogP contribution in [0.5, 0.6) is 0 Å². The van der Waals surface area contributed by atoms with Crippen LogP contribution < -0.4 is 5.32 Å². The van der Waals surface area contributed by atoms with Gasteiger partial charge in [-0.1, -0.05) is 66.5 Å². The fraction of sp³-hybridized carbons (Fsp3) is 0.286. The first kappa shape index (κ1) is 21.0. The third-order valence-corrected chi connectivity index (χ3v) is 6.42. The predicted octanol–water partition coefficient (Wildman–Crippen LogP) is 5.31. The number of fused-ring (bicyclic) bond motifs is 3. The zero-order chi connectivity index (χ0) is 21.1. The number of nitrogens with zero attached hydrogens (tertiary/aromatic N) is 3. The number of amides is 1. The zero-order valence-electron chi connectivity index (χ0n) is 16.4. The Morgan fingerprint density at radius 2 is 2.10 bits per heavy atom. The van der Waals surface area contributed by atoms with E-state index in [4.69, 9.17) is 23.2 Å². The van der Waals surface area contributed by atoms with Crippen molar-refractivity contribution in [2.24, 2.45) is 0 Å². The molecule has 2 heterocycles. The van der Waals surface area contributed by atoms with E-state index < -0.39 is 0 Å². The summed E-state index contributed by atoms with van der Waals surface area (Å²) in [5.74, 6) is 1.02. The summed E-state index contributed by atoms with van der Waals surface area (Å²) in [6.07, 6.45) is 1.92. The van der Waals surface area contributed by atoms with Crippen molar-refractivity contribution in [3.8, 4) is 0 Å². The van der Waals surface area contributed by atoms with Crippen LogP contribution in [0.25, 0.3) is 16.8 Å². The number of rotatable bonds is 8. The summed E-state index contributed by atoms with van der Waals surface area (Å²) in [5, 5.41) is 12.2. The van der Waals surface area contributed by atoms with Gasteiger partial charge in [0.15, 0.2) is 5.16 Å². The van der Waals surface area contributed by atoms with Crippen LogP contribution in [0.3, 0.4) is 0 Å². The summed E-state index contributed by atoms with van der Waals surface area (Å²) < 4.78 is 1.93. The van der Waals surface area contributed by atoms with Crippen molar-refractivity contribution >= 4 is 57.7 Å². The highest BCUT2D eigenvalue weighted by atomic mass is 35.5. The van der Waals surface area contributed by atoms with Crippen LogP contribution in [0.1, 0.15) is 31.2 Å². The summed E-state index contributed by atoms with van der Waals surface area (Å²) in [4.78, 5) is 17.0. The number of benzene rings is 2. The standard InChI is InChI=1S/C21H21Cl2N5OS/c1-2-5-13(15-9-8-14(22)10-16(15)23)11-24-19(29)12-30-21-27-26-20-25-17-6-3-4-7-18(17)28(20)21/h3-4,6-10,13H,2,5,11-12H2,1H3,(H,24,29)(H,25,26). The van der Waals surface area contributed by atoms with Crippen molar-refractivity contribution < 1.29 is 4.79 Å². The summed E-state index contributed by atoms with van der Waals surface area (Å²) in [5.41, 5.74) is 2.86. The summed E-state index contributed by atoms with van der Waals surface area (Å²) in [6.45, 7) is 2.64. The third kappa shape index (κ3) is 4.43. The molecule has 1 unspecified atom stereocenters. The second-order valence-electron chi connectivity index (χ2n) is 7.01. The molecule has 1 amide bonds. The molecule has 0 spiro atoms. The van der Waals surface area contributed by atoms with Crippen LogP contribution in [-0.2, 0) is 4.79 Å². The van der Waals surface area contributed by atoms with Crippen LogP contribution in [0.4, 0.5) is 0 Å². The van der Waals surface area contributed by atoms with Crippen molar-refractivity contribution in [2.75, 3.05) is 12.3 Å². The number of H-pyrrole nitrogens is 1. The minimum absolute atomic E-state index is 0.0493. The molecule has 4 rings (SSSR count). The first-order valence-electron chi connectivity index (χ1n) is 9.72. The number of thioether (sulfide) groups is 1. The number of aromatic nitrogens is 4. The van der Waals surface area contributed by atoms with Crippen molar-refractivity contribution in [1.29, 1.82) is 0 Å². The van der Waals surface area contributed by atoms with Gasteiger partial charge in [-0.25, -0.2) is 10.1 Å². The molecule has 2 aromatic heterocycles. The fourth-order valence-corrected chi connectivity index (χ4v) is 4.86. The Hall–Kier alpha value is -2.22. The highest BCUT2D eigenvalue weighted by Gasteiger charge is 2.17. The molecular formula is C21H21Cl2N5OS. The molecule has 2 N–H and O–H groups in total. The van der Waals surface area contributed by atoms with Crippen LogP contribution in [-0.4, -0.2) is 37.8 Å². The van der Waals surface area contributed by atoms with E-state index in [0.29, 0.717) is 27.5 Å². The van der Waals surface area contributed by atoms with Gasteiger partial charge in [0.1, 0.15) is 0 Å². The van der Waals surface area contributed by atoms with E-state index >= 15 is 0 Å². The molecule has 0 aliphatic rings. The molecule has 4 aromatic rings. The number of aromatic amines is 1. The molecule has 0 aliphatic carbocycles. The van der Waals surface area contributed by atoms with Gasteiger partial charge in [0, 0.05) is 22.5 Å². The maximum absolute atomic E-state index is 12.5. The lowest BCUT2D eigenvalue weighted by Crippen LogP contribution is -2.30. The SMILES string of the molecule is CCCC(CNC(=O)CSc1n[nH]c2nc3ccccc3n12)c1ccc(Cl)cc1Cl. The van der Waals surface area contributed by atoms with E-state index in [9.17, 15) is 4.79 Å². The maximum atomic E-state index is 12.5. The molecular weight excluding hydrogens is 441 g/mol. The van der Waals surface area contributed by atoms with E-state index in [0.717, 1.165) is 29.4 Å². The van der Waals surface area contributed by atoms with Crippen LogP contribution in [0, 0.1) is 0 Å². The molecule has 0 fully saturated rings. The first-order valence-corrected chi connectivity index (χ1v) is 11.5. The number of imidazole rings is 1. The van der Waals surface area contributed by atoms with Gasteiger partial charge in [0.2, 0.25) is 11.7 Å². The molecule has 0 aliphatic heterocycles. The van der Waals surface area contributed by atoms with Gasteiger partial charge in [-0.15, -0.1) is 5.10 Å². The Bertz CT molecular complexity index is 1190. The number of halogens is 2. The van der Waals surface area contributed by atoms with E-state index in [2.05, 4.69) is 27.4 Å². The van der Waals surface area contributed by atoms with E-state index in [-0.39, 0.29) is 17.6 Å². The second-order valence-corrected chi connectivity index (χ2v) is 8.80. The molecule has 0 saturated heterocycles. The lowest BCUT2D eigenvalue weighted by Gasteiger charge is -2.19. The molecule has 30 heavy (non-hydrogen) atoms. The maximum Gasteiger partial charge on any atom is 0.231 e. The lowest BCUT2D eigenvalue weighted by molar-refractivity contribution is -0.118. The zero-order valence-corrected chi connectivity index (χ0v) is 18.7. The largest absolute Gasteiger partial charge is 0.355 e. The number of nitrogens with one attached hydrogen (secondary N) is 2. The van der Waals surface area contributed by atoms with Gasteiger partial charge in [0.05, 0.1) is 16.8 Å². The van der Waals surface area contributed by atoms with Crippen molar-refractivity contribution in [3.63, 3.8) is 0 Å². The highest BCUT2D eigenvalue weighted by molar-refractivity contribution is 7.99. The smallest absolute Gasteiger partial charge is 0.231 e. The molecule has 156 valence electrons. The van der Waals surface area contributed by atoms with Gasteiger partial charge >= 0.3 is 0 Å². The summed E-state index contributed by atoms with van der Waals surface area (Å²) >= 11 is 13.8. The van der Waals surface area contributed by atoms with Crippen LogP contribution in [0.15, 0.2) is 47.6 Å². The Morgan fingerprint density at radius 3 is 2.90 bits per heavy atom. The minimum Gasteiger partial charge on any atom is -0.355 e. The van der Waals surface area contributed by atoms with E-state index in [1.165, 1.54) is 11.8 Å². The second kappa shape index (κ2) is 9.29. The summed E-state index contributed by atoms with van der Waals surface area (Å²) in [7, 11) is 0. The molecule has 0 radical (unpaired) electrons. The number of hydrogen-bond acceptors (Lipinski definition) is 4. The monoisotopic (exact) mass is 461 g/mol. The summed E-state index contributed by atoms with van der Waals surface area (Å²) in [6, 6.07) is 13.4. The van der Waals surface area contributed by atoms with Gasteiger partial charge in [0.25, 0.3) is 0 Å². The molecule has 1 atom stereocenters. The predicted molar refractivity (Wildman–Crippen MR) is 123 cm³/mol. The van der Waals surface area contributed by atoms with Gasteiger partial charge in [-0.2, -0.15) is 0 Å². The van der Waals surface area contributed by atoms with Gasteiger partial charge < -0.3 is 5.32 Å². The topological polar surface area (TPSA) is 75.1 Å². The van der Waals surface area contributed by atoms with E-state index in [1.807, 2.05) is 40.8 Å². The van der Waals surface area contributed by atoms with Gasteiger partial charge in [-0.05, 0) is 36.2 Å². The van der Waals surface area contributed by atoms with E-state index in [1.54, 1.807) is 6.07 Å². The molecule has 0 bridgehead atoms. The van der Waals surface area contributed by atoms with Crippen LogP contribution >= 0.6 is 35.0 Å². The van der Waals surface area contributed by atoms with Crippen molar-refractivity contribution in [2.45, 2.75) is 30.8 Å². The first-order chi connectivity index (χ1) is 14.6. The molecule has 9 heteroatoms. The van der Waals surface area contributed by atoms with Crippen molar-refractivity contribution in [3.05, 3.63) is 58.1 Å². The number of para-hydroxylation sites is 2. The normalized spacial score (nSPS) is 12.5. The van der Waals surface area contributed by atoms with Gasteiger partial charge in [-0.3, -0.25) is 9.20 Å². The average molecular weight is 462 g/mol. The quantitative estimate of drug-likeness (QED) is 0.348. The Balaban J connectivity index is 1.40. The third-order valence-electron chi connectivity index (χ3n) is 4.92. The molecule has 6 nitrogen and oxygen atoms in total. The highest BCUT2D eigenvalue weighted by Crippen LogP contribution is 2.30. The average Bonchev–Trinajstić information content (AvgIpc) is 3.29. The Morgan fingerprint density at radius 1 is 1.27 bits per heavy atom. The Labute approximate surface area is 188 Å². The van der Waals surface area contributed by atoms with Crippen LogP contribution in [0.2, 0.25) is 10.0 Å². The Kier molecular flexibility index (Phi) is 6.51. The molecule has 2 aromatic carbocycles. The van der Waals surface area contributed by atoms with Crippen molar-refractivity contribution in [1.82, 2.24) is 24.9 Å². The fourth-order valence-electron chi connectivity index (χ4n) is 3.51. The number of carbonyl (C=O) groups is 1. The lowest BCUT2D eigenvalue weighted by atomic mass is 9.94. The minimum atomic E-state index is -0.0493. The molecule has 0 saturated carbocycles.